The second kappa shape index (κ2) is 26.5. The summed E-state index contributed by atoms with van der Waals surface area (Å²) in [6.07, 6.45) is 25.6. The Hall–Kier alpha value is -1.06. The molecule has 0 bridgehead atoms. The summed E-state index contributed by atoms with van der Waals surface area (Å²) >= 11 is 0. The molecule has 0 saturated heterocycles. The van der Waals surface area contributed by atoms with Crippen LogP contribution in [-0.4, -0.2) is 24.6 Å². The average molecular weight is 483 g/mol. The quantitative estimate of drug-likeness (QED) is 0.0909. The zero-order valence-electron chi connectivity index (χ0n) is 23.2. The fraction of sp³-hybridized carbons (Fsp3) is 0.933. The smallest absolute Gasteiger partial charge is 0.306 e. The Morgan fingerprint density at radius 3 is 1.44 bits per heavy atom. The van der Waals surface area contributed by atoms with Crippen LogP contribution in [0.3, 0.4) is 0 Å². The highest BCUT2D eigenvalue weighted by Crippen LogP contribution is 2.18. The minimum Gasteiger partial charge on any atom is -0.466 e. The molecular weight excluding hydrogens is 424 g/mol. The van der Waals surface area contributed by atoms with Crippen LogP contribution in [0.1, 0.15) is 168 Å². The lowest BCUT2D eigenvalue weighted by Crippen LogP contribution is -2.18. The van der Waals surface area contributed by atoms with E-state index in [1.807, 2.05) is 0 Å². The number of hydrogen-bond acceptors (Lipinski definition) is 4. The Bertz CT molecular complexity index is 449. The van der Waals surface area contributed by atoms with E-state index in [4.69, 9.17) is 9.47 Å². The minimum atomic E-state index is -0.0324. The Morgan fingerprint density at radius 1 is 0.500 bits per heavy atom. The van der Waals surface area contributed by atoms with Gasteiger partial charge in [-0.1, -0.05) is 111 Å². The van der Waals surface area contributed by atoms with Gasteiger partial charge in [-0.25, -0.2) is 0 Å². The highest BCUT2D eigenvalue weighted by molar-refractivity contribution is 5.69. The molecule has 0 aromatic rings. The van der Waals surface area contributed by atoms with Crippen molar-refractivity contribution in [2.45, 2.75) is 175 Å². The fourth-order valence-corrected chi connectivity index (χ4v) is 4.31. The van der Waals surface area contributed by atoms with Crippen LogP contribution in [0.4, 0.5) is 0 Å². The molecule has 34 heavy (non-hydrogen) atoms. The van der Waals surface area contributed by atoms with Crippen LogP contribution in [0.15, 0.2) is 0 Å². The predicted octanol–water partition coefficient (Wildman–Crippen LogP) is 9.47. The first kappa shape index (κ1) is 32.9. The van der Waals surface area contributed by atoms with Gasteiger partial charge in [0.05, 0.1) is 6.61 Å². The van der Waals surface area contributed by atoms with E-state index in [1.54, 1.807) is 0 Å². The lowest BCUT2D eigenvalue weighted by atomic mass is 10.0. The van der Waals surface area contributed by atoms with E-state index in [1.165, 1.54) is 64.2 Å². The second-order valence-electron chi connectivity index (χ2n) is 10.1. The molecule has 0 aromatic carbocycles. The number of ether oxygens (including phenoxy) is 2. The van der Waals surface area contributed by atoms with Gasteiger partial charge in [0.2, 0.25) is 0 Å². The normalized spacial score (nSPS) is 12.0. The molecule has 0 aliphatic heterocycles. The van der Waals surface area contributed by atoms with Crippen molar-refractivity contribution in [2.75, 3.05) is 6.61 Å². The Balaban J connectivity index is 3.85. The first-order valence-corrected chi connectivity index (χ1v) is 15.0. The third-order valence-corrected chi connectivity index (χ3v) is 6.58. The summed E-state index contributed by atoms with van der Waals surface area (Å²) in [6, 6.07) is 0. The first-order chi connectivity index (χ1) is 16.6. The molecule has 202 valence electrons. The largest absolute Gasteiger partial charge is 0.466 e. The van der Waals surface area contributed by atoms with Crippen LogP contribution < -0.4 is 0 Å². The summed E-state index contributed by atoms with van der Waals surface area (Å²) in [6.45, 7) is 7.14. The number of esters is 2. The van der Waals surface area contributed by atoms with Crippen LogP contribution in [0, 0.1) is 0 Å². The molecule has 0 aliphatic carbocycles. The molecule has 1 atom stereocenters. The SMILES string of the molecule is CCCCCCCCC(CCCCCCCCCOC(=O)CCCCC)OC(=O)CCCCC. The summed E-state index contributed by atoms with van der Waals surface area (Å²) in [5, 5.41) is 0. The summed E-state index contributed by atoms with van der Waals surface area (Å²) in [5.41, 5.74) is 0. The number of rotatable bonds is 26. The van der Waals surface area contributed by atoms with Gasteiger partial charge >= 0.3 is 11.9 Å². The van der Waals surface area contributed by atoms with Gasteiger partial charge in [-0.3, -0.25) is 9.59 Å². The Kier molecular flexibility index (Phi) is 25.7. The van der Waals surface area contributed by atoms with Crippen molar-refractivity contribution >= 4 is 11.9 Å². The summed E-state index contributed by atoms with van der Waals surface area (Å²) in [5.74, 6) is -0.0227. The van der Waals surface area contributed by atoms with Crippen molar-refractivity contribution < 1.29 is 19.1 Å². The third kappa shape index (κ3) is 24.1. The maximum atomic E-state index is 12.2. The van der Waals surface area contributed by atoms with Crippen LogP contribution >= 0.6 is 0 Å². The highest BCUT2D eigenvalue weighted by atomic mass is 16.5. The van der Waals surface area contributed by atoms with E-state index >= 15 is 0 Å². The summed E-state index contributed by atoms with van der Waals surface area (Å²) < 4.78 is 11.2. The molecular formula is C30H58O4. The van der Waals surface area contributed by atoms with E-state index in [2.05, 4.69) is 20.8 Å². The molecule has 0 saturated carbocycles. The van der Waals surface area contributed by atoms with Gasteiger partial charge < -0.3 is 9.47 Å². The molecule has 0 fully saturated rings. The monoisotopic (exact) mass is 482 g/mol. The lowest BCUT2D eigenvalue weighted by Gasteiger charge is -2.18. The average Bonchev–Trinajstić information content (AvgIpc) is 2.82. The molecule has 0 radical (unpaired) electrons. The molecule has 0 heterocycles. The molecule has 0 aliphatic rings. The van der Waals surface area contributed by atoms with E-state index in [9.17, 15) is 9.59 Å². The van der Waals surface area contributed by atoms with Crippen molar-refractivity contribution in [3.8, 4) is 0 Å². The van der Waals surface area contributed by atoms with Gasteiger partial charge in [0.1, 0.15) is 6.10 Å². The van der Waals surface area contributed by atoms with Gasteiger partial charge in [0.15, 0.2) is 0 Å². The summed E-state index contributed by atoms with van der Waals surface area (Å²) in [7, 11) is 0. The fourth-order valence-electron chi connectivity index (χ4n) is 4.31. The molecule has 0 N–H and O–H groups in total. The topological polar surface area (TPSA) is 52.6 Å². The number of carbonyl (C=O) groups excluding carboxylic acids is 2. The highest BCUT2D eigenvalue weighted by Gasteiger charge is 2.14. The molecule has 0 rings (SSSR count). The minimum absolute atomic E-state index is 0.00972. The first-order valence-electron chi connectivity index (χ1n) is 15.0. The molecule has 4 heteroatoms. The number of hydrogen-bond donors (Lipinski definition) is 0. The molecule has 0 amide bonds. The van der Waals surface area contributed by atoms with Gasteiger partial charge in [-0.2, -0.15) is 0 Å². The third-order valence-electron chi connectivity index (χ3n) is 6.58. The Labute approximate surface area is 212 Å². The van der Waals surface area contributed by atoms with Gasteiger partial charge in [0.25, 0.3) is 0 Å². The number of unbranched alkanes of at least 4 members (excludes halogenated alkanes) is 15. The van der Waals surface area contributed by atoms with Crippen LogP contribution in [0.2, 0.25) is 0 Å². The number of carbonyl (C=O) groups is 2. The molecule has 0 aromatic heterocycles. The van der Waals surface area contributed by atoms with Crippen LogP contribution in [0.5, 0.6) is 0 Å². The van der Waals surface area contributed by atoms with E-state index in [0.29, 0.717) is 19.4 Å². The van der Waals surface area contributed by atoms with Crippen molar-refractivity contribution in [1.29, 1.82) is 0 Å². The Morgan fingerprint density at radius 2 is 0.912 bits per heavy atom. The standard InChI is InChI=1S/C30H58O4/c1-4-7-10-11-15-20-23-28(34-30(32)26-19-9-6-3)24-21-16-13-12-14-17-22-27-33-29(31)25-18-8-5-2/h28H,4-27H2,1-3H3. The van der Waals surface area contributed by atoms with Crippen molar-refractivity contribution in [3.63, 3.8) is 0 Å². The van der Waals surface area contributed by atoms with Crippen molar-refractivity contribution in [3.05, 3.63) is 0 Å². The van der Waals surface area contributed by atoms with Gasteiger partial charge in [-0.05, 0) is 44.9 Å². The van der Waals surface area contributed by atoms with Gasteiger partial charge in [0, 0.05) is 12.8 Å². The van der Waals surface area contributed by atoms with E-state index < -0.39 is 0 Å². The maximum absolute atomic E-state index is 12.2. The zero-order chi connectivity index (χ0) is 25.1. The summed E-state index contributed by atoms with van der Waals surface area (Å²) in [4.78, 5) is 23.8. The van der Waals surface area contributed by atoms with Gasteiger partial charge in [-0.15, -0.1) is 0 Å². The lowest BCUT2D eigenvalue weighted by molar-refractivity contribution is -0.150. The molecule has 1 unspecified atom stereocenters. The second-order valence-corrected chi connectivity index (χ2v) is 10.1. The predicted molar refractivity (Wildman–Crippen MR) is 144 cm³/mol. The van der Waals surface area contributed by atoms with Crippen LogP contribution in [0.25, 0.3) is 0 Å². The van der Waals surface area contributed by atoms with Crippen molar-refractivity contribution in [1.82, 2.24) is 0 Å². The maximum Gasteiger partial charge on any atom is 0.306 e. The molecule has 4 nitrogen and oxygen atoms in total. The van der Waals surface area contributed by atoms with E-state index in [0.717, 1.165) is 70.6 Å². The van der Waals surface area contributed by atoms with Crippen molar-refractivity contribution in [2.24, 2.45) is 0 Å². The zero-order valence-corrected chi connectivity index (χ0v) is 23.2. The van der Waals surface area contributed by atoms with E-state index in [-0.39, 0.29) is 18.0 Å². The van der Waals surface area contributed by atoms with Crippen LogP contribution in [-0.2, 0) is 19.1 Å². The molecule has 0 spiro atoms.